The summed E-state index contributed by atoms with van der Waals surface area (Å²) in [6.07, 6.45) is 0. The van der Waals surface area contributed by atoms with E-state index in [-0.39, 0.29) is 0 Å². The van der Waals surface area contributed by atoms with E-state index in [0.29, 0.717) is 5.15 Å². The van der Waals surface area contributed by atoms with Gasteiger partial charge in [0.1, 0.15) is 19.9 Å². The van der Waals surface area contributed by atoms with Crippen molar-refractivity contribution in [2.24, 2.45) is 0 Å². The Hall–Kier alpha value is 0.120. The van der Waals surface area contributed by atoms with E-state index >= 15 is 0 Å². The van der Waals surface area contributed by atoms with Crippen molar-refractivity contribution in [3.8, 4) is 0 Å². The Morgan fingerprint density at radius 3 is 3.00 bits per heavy atom. The predicted octanol–water partition coefficient (Wildman–Crippen LogP) is 3.47. The molecule has 0 saturated heterocycles. The second-order valence-electron chi connectivity index (χ2n) is 2.73. The minimum Gasteiger partial charge on any atom is -0.261 e. The highest BCUT2D eigenvalue weighted by Gasteiger charge is 2.12. The van der Waals surface area contributed by atoms with E-state index in [4.69, 9.17) is 11.6 Å². The molecule has 14 heavy (non-hydrogen) atoms. The van der Waals surface area contributed by atoms with E-state index in [1.807, 2.05) is 11.6 Å². The summed E-state index contributed by atoms with van der Waals surface area (Å²) in [6, 6.07) is 1.79. The first-order valence-electron chi connectivity index (χ1n) is 4.01. The lowest BCUT2D eigenvalue weighted by Crippen LogP contribution is -1.96. The smallest absolute Gasteiger partial charge is 0.149 e. The third-order valence-corrected chi connectivity index (χ3v) is 3.40. The quantitative estimate of drug-likeness (QED) is 0.555. The summed E-state index contributed by atoms with van der Waals surface area (Å²) in [5.41, 5.74) is 1.85. The molecule has 0 radical (unpaired) electrons. The maximum atomic E-state index is 5.87. The highest BCUT2D eigenvalue weighted by molar-refractivity contribution is 14.1. The van der Waals surface area contributed by atoms with Crippen LogP contribution in [-0.4, -0.2) is 14.8 Å². The lowest BCUT2D eigenvalue weighted by Gasteiger charge is -2.00. The van der Waals surface area contributed by atoms with Gasteiger partial charge in [0.2, 0.25) is 0 Å². The Kier molecular flexibility index (Phi) is 2.99. The SMILES string of the molecule is CCn1nc(I)c2nc(Cl)cc(Br)c21. The van der Waals surface area contributed by atoms with Crippen LogP contribution in [-0.2, 0) is 6.54 Å². The molecule has 0 aliphatic carbocycles. The van der Waals surface area contributed by atoms with Gasteiger partial charge in [-0.2, -0.15) is 5.10 Å². The number of halogens is 3. The van der Waals surface area contributed by atoms with Crippen LogP contribution < -0.4 is 0 Å². The van der Waals surface area contributed by atoms with Gasteiger partial charge in [-0.1, -0.05) is 11.6 Å². The van der Waals surface area contributed by atoms with Gasteiger partial charge < -0.3 is 0 Å². The molecule has 3 nitrogen and oxygen atoms in total. The molecule has 0 aromatic carbocycles. The van der Waals surface area contributed by atoms with Gasteiger partial charge in [0.25, 0.3) is 0 Å². The van der Waals surface area contributed by atoms with Crippen molar-refractivity contribution in [2.45, 2.75) is 13.5 Å². The van der Waals surface area contributed by atoms with Gasteiger partial charge >= 0.3 is 0 Å². The van der Waals surface area contributed by atoms with Gasteiger partial charge in [0.05, 0.1) is 0 Å². The fraction of sp³-hybridized carbons (Fsp3) is 0.250. The molecule has 2 aromatic rings. The molecule has 0 saturated carbocycles. The highest BCUT2D eigenvalue weighted by Crippen LogP contribution is 2.28. The number of hydrogen-bond acceptors (Lipinski definition) is 2. The standard InChI is InChI=1S/C8H6BrClIN3/c1-2-14-7-4(9)3-5(10)12-6(7)8(11)13-14/h3H,2H2,1H3. The Labute approximate surface area is 108 Å². The molecule has 2 heterocycles. The second-order valence-corrected chi connectivity index (χ2v) is 4.99. The summed E-state index contributed by atoms with van der Waals surface area (Å²) < 4.78 is 3.72. The molecule has 0 fully saturated rings. The van der Waals surface area contributed by atoms with Crippen molar-refractivity contribution in [3.05, 3.63) is 19.4 Å². The van der Waals surface area contributed by atoms with Crippen LogP contribution >= 0.6 is 50.1 Å². The second kappa shape index (κ2) is 3.94. The molecule has 74 valence electrons. The van der Waals surface area contributed by atoms with Gasteiger partial charge in [0, 0.05) is 11.0 Å². The van der Waals surface area contributed by atoms with Crippen LogP contribution in [0.15, 0.2) is 10.5 Å². The average Bonchev–Trinajstić information content (AvgIpc) is 2.43. The van der Waals surface area contributed by atoms with Crippen LogP contribution in [0.3, 0.4) is 0 Å². The summed E-state index contributed by atoms with van der Waals surface area (Å²) in [7, 11) is 0. The van der Waals surface area contributed by atoms with E-state index < -0.39 is 0 Å². The lowest BCUT2D eigenvalue weighted by molar-refractivity contribution is 0.677. The average molecular weight is 386 g/mol. The summed E-state index contributed by atoms with van der Waals surface area (Å²) in [4.78, 5) is 4.25. The van der Waals surface area contributed by atoms with Crippen LogP contribution in [0.4, 0.5) is 0 Å². The zero-order chi connectivity index (χ0) is 10.3. The predicted molar refractivity (Wildman–Crippen MR) is 68.6 cm³/mol. The Bertz CT molecular complexity index is 497. The molecule has 0 aliphatic rings. The molecule has 6 heteroatoms. The van der Waals surface area contributed by atoms with Crippen LogP contribution in [0.25, 0.3) is 11.0 Å². The fourth-order valence-corrected chi connectivity index (χ4v) is 2.87. The van der Waals surface area contributed by atoms with Crippen LogP contribution in [0.2, 0.25) is 5.15 Å². The van der Waals surface area contributed by atoms with Crippen LogP contribution in [0.1, 0.15) is 6.92 Å². The third-order valence-electron chi connectivity index (χ3n) is 1.88. The molecule has 0 N–H and O–H groups in total. The summed E-state index contributed by atoms with van der Waals surface area (Å²) in [5.74, 6) is 0. The summed E-state index contributed by atoms with van der Waals surface area (Å²) in [6.45, 7) is 2.87. The van der Waals surface area contributed by atoms with E-state index in [1.54, 1.807) is 6.07 Å². The molecule has 0 atom stereocenters. The number of hydrogen-bond donors (Lipinski definition) is 0. The van der Waals surface area contributed by atoms with Crippen molar-refractivity contribution < 1.29 is 0 Å². The van der Waals surface area contributed by atoms with Gasteiger partial charge in [-0.3, -0.25) is 4.68 Å². The number of fused-ring (bicyclic) bond motifs is 1. The normalized spacial score (nSPS) is 11.1. The highest BCUT2D eigenvalue weighted by atomic mass is 127. The van der Waals surface area contributed by atoms with Gasteiger partial charge in [0.15, 0.2) is 0 Å². The molecule has 0 unspecified atom stereocenters. The number of rotatable bonds is 1. The van der Waals surface area contributed by atoms with Crippen molar-refractivity contribution in [1.29, 1.82) is 0 Å². The Morgan fingerprint density at radius 1 is 1.64 bits per heavy atom. The summed E-state index contributed by atoms with van der Waals surface area (Å²) >= 11 is 11.5. The number of nitrogens with zero attached hydrogens (tertiary/aromatic N) is 3. The topological polar surface area (TPSA) is 30.7 Å². The van der Waals surface area contributed by atoms with Crippen molar-refractivity contribution >= 4 is 61.2 Å². The Balaban J connectivity index is 2.89. The number of aromatic nitrogens is 3. The maximum Gasteiger partial charge on any atom is 0.149 e. The maximum absolute atomic E-state index is 5.87. The van der Waals surface area contributed by atoms with Gasteiger partial charge in [-0.15, -0.1) is 0 Å². The Morgan fingerprint density at radius 2 is 2.36 bits per heavy atom. The van der Waals surface area contributed by atoms with Crippen molar-refractivity contribution in [2.75, 3.05) is 0 Å². The molecular formula is C8H6BrClIN3. The van der Waals surface area contributed by atoms with E-state index in [1.165, 1.54) is 0 Å². The number of aryl methyl sites for hydroxylation is 1. The molecule has 0 amide bonds. The third kappa shape index (κ3) is 1.65. The first-order valence-corrected chi connectivity index (χ1v) is 6.26. The zero-order valence-corrected chi connectivity index (χ0v) is 11.8. The van der Waals surface area contributed by atoms with E-state index in [0.717, 1.165) is 25.8 Å². The van der Waals surface area contributed by atoms with E-state index in [2.05, 4.69) is 48.6 Å². The largest absolute Gasteiger partial charge is 0.261 e. The molecule has 0 bridgehead atoms. The fourth-order valence-electron chi connectivity index (χ4n) is 1.30. The first-order chi connectivity index (χ1) is 6.63. The monoisotopic (exact) mass is 385 g/mol. The van der Waals surface area contributed by atoms with E-state index in [9.17, 15) is 0 Å². The van der Waals surface area contributed by atoms with Gasteiger partial charge in [-0.05, 0) is 51.5 Å². The minimum absolute atomic E-state index is 0.484. The number of pyridine rings is 1. The zero-order valence-electron chi connectivity index (χ0n) is 7.26. The molecular weight excluding hydrogens is 380 g/mol. The van der Waals surface area contributed by atoms with Gasteiger partial charge in [-0.25, -0.2) is 4.98 Å². The molecule has 2 aromatic heterocycles. The minimum atomic E-state index is 0.484. The summed E-state index contributed by atoms with van der Waals surface area (Å²) in [5, 5.41) is 4.85. The lowest BCUT2D eigenvalue weighted by atomic mass is 10.4. The van der Waals surface area contributed by atoms with Crippen molar-refractivity contribution in [3.63, 3.8) is 0 Å². The molecule has 2 rings (SSSR count). The van der Waals surface area contributed by atoms with Crippen LogP contribution in [0, 0.1) is 3.70 Å². The molecule has 0 spiro atoms. The van der Waals surface area contributed by atoms with Crippen molar-refractivity contribution in [1.82, 2.24) is 14.8 Å². The molecule has 0 aliphatic heterocycles. The van der Waals surface area contributed by atoms with Crippen LogP contribution in [0.5, 0.6) is 0 Å². The first kappa shape index (κ1) is 10.6.